The van der Waals surface area contributed by atoms with Gasteiger partial charge in [0.2, 0.25) is 0 Å². The summed E-state index contributed by atoms with van der Waals surface area (Å²) in [5.74, 6) is -0.702. The molecule has 0 aromatic heterocycles. The molecule has 2 amide bonds. The summed E-state index contributed by atoms with van der Waals surface area (Å²) < 4.78 is 31.9. The molecule has 3 atom stereocenters. The highest BCUT2D eigenvalue weighted by atomic mass is 32.2. The van der Waals surface area contributed by atoms with Gasteiger partial charge in [0, 0.05) is 22.5 Å². The molecule has 9 heteroatoms. The molecule has 7 nitrogen and oxygen atoms in total. The minimum Gasteiger partial charge on any atom is -0.299 e. The van der Waals surface area contributed by atoms with Crippen LogP contribution in [0, 0.1) is 22.7 Å². The lowest BCUT2D eigenvalue weighted by Crippen LogP contribution is -2.46. The van der Waals surface area contributed by atoms with Crippen molar-refractivity contribution < 1.29 is 27.1 Å². The predicted molar refractivity (Wildman–Crippen MR) is 147 cm³/mol. The lowest BCUT2D eigenvalue weighted by Gasteiger charge is -2.36. The summed E-state index contributed by atoms with van der Waals surface area (Å²) >= 11 is 1.65. The summed E-state index contributed by atoms with van der Waals surface area (Å²) in [6, 6.07) is 8.84. The lowest BCUT2D eigenvalue weighted by molar-refractivity contribution is -0.128. The molecule has 0 radical (unpaired) electrons. The number of carbonyl (C=O) groups is 3. The number of amides is 2. The monoisotopic (exact) mass is 557 g/mol. The molecular formula is C29H35NO6S2. The maximum Gasteiger partial charge on any atom is 0.289 e. The van der Waals surface area contributed by atoms with E-state index in [1.165, 1.54) is 6.42 Å². The van der Waals surface area contributed by atoms with Gasteiger partial charge < -0.3 is 0 Å². The van der Waals surface area contributed by atoms with E-state index in [-0.39, 0.29) is 22.8 Å². The van der Waals surface area contributed by atoms with Crippen LogP contribution in [-0.2, 0) is 19.2 Å². The number of thioether (sulfide) groups is 1. The Labute approximate surface area is 228 Å². The fraction of sp³-hybridized carbons (Fsp3) is 0.552. The molecule has 2 aliphatic carbocycles. The Morgan fingerprint density at radius 3 is 2.53 bits per heavy atom. The van der Waals surface area contributed by atoms with E-state index in [4.69, 9.17) is 4.28 Å². The maximum absolute atomic E-state index is 13.5. The Kier molecular flexibility index (Phi) is 7.02. The molecule has 2 fully saturated rings. The number of Topliss-reactive ketones (excluding diaryl/α,β-unsaturated/α-hetero) is 1. The third-order valence-corrected chi connectivity index (χ3v) is 11.6. The predicted octanol–water partition coefficient (Wildman–Crippen LogP) is 6.01. The van der Waals surface area contributed by atoms with Gasteiger partial charge in [0.15, 0.2) is 0 Å². The summed E-state index contributed by atoms with van der Waals surface area (Å²) in [5, 5.41) is 1.63. The van der Waals surface area contributed by atoms with Gasteiger partial charge in [-0.2, -0.15) is 8.42 Å². The molecule has 0 N–H and O–H groups in total. The van der Waals surface area contributed by atoms with Gasteiger partial charge in [-0.1, -0.05) is 52.7 Å². The normalized spacial score (nSPS) is 25.0. The number of benzene rings is 2. The van der Waals surface area contributed by atoms with Crippen LogP contribution in [0.25, 0.3) is 10.8 Å². The molecule has 3 unspecified atom stereocenters. The lowest BCUT2D eigenvalue weighted by atomic mass is 9.70. The van der Waals surface area contributed by atoms with Gasteiger partial charge in [0.25, 0.3) is 21.9 Å². The number of hydroxylamine groups is 2. The molecule has 1 heterocycles. The van der Waals surface area contributed by atoms with Gasteiger partial charge in [0.05, 0.1) is 22.3 Å². The van der Waals surface area contributed by atoms with E-state index < -0.39 is 38.5 Å². The van der Waals surface area contributed by atoms with E-state index >= 15 is 0 Å². The topological polar surface area (TPSA) is 97.8 Å². The van der Waals surface area contributed by atoms with Gasteiger partial charge in [-0.3, -0.25) is 14.4 Å². The second kappa shape index (κ2) is 9.75. The first kappa shape index (κ1) is 27.3. The quantitative estimate of drug-likeness (QED) is 0.261. The zero-order valence-corrected chi connectivity index (χ0v) is 24.0. The van der Waals surface area contributed by atoms with Crippen molar-refractivity contribution in [2.75, 3.05) is 11.5 Å². The number of hydrogen-bond acceptors (Lipinski definition) is 7. The van der Waals surface area contributed by atoms with Crippen LogP contribution in [0.1, 0.15) is 86.9 Å². The Morgan fingerprint density at radius 1 is 1.13 bits per heavy atom. The van der Waals surface area contributed by atoms with Crippen molar-refractivity contribution in [3.8, 4) is 0 Å². The van der Waals surface area contributed by atoms with Gasteiger partial charge in [-0.05, 0) is 60.1 Å². The van der Waals surface area contributed by atoms with Crippen LogP contribution in [0.3, 0.4) is 0 Å². The van der Waals surface area contributed by atoms with E-state index in [9.17, 15) is 22.8 Å². The average Bonchev–Trinajstić information content (AvgIpc) is 3.21. The molecule has 1 aliphatic heterocycles. The van der Waals surface area contributed by atoms with E-state index in [1.807, 2.05) is 26.0 Å². The molecule has 3 aliphatic rings. The van der Waals surface area contributed by atoms with Crippen molar-refractivity contribution in [2.45, 2.75) is 71.1 Å². The first-order chi connectivity index (χ1) is 17.9. The number of carbonyl (C=O) groups excluding carboxylic acids is 3. The molecule has 0 spiro atoms. The highest BCUT2D eigenvalue weighted by Gasteiger charge is 2.65. The third kappa shape index (κ3) is 4.40. The SMILES string of the molecule is CCCCC(C)CSc1cc2c3c(cccc3c1)C(=O)N(OS(=O)(=O)CC13CCC(CC1=O)C3(C)C)C2=O. The van der Waals surface area contributed by atoms with Crippen LogP contribution < -0.4 is 0 Å². The zero-order valence-electron chi connectivity index (χ0n) is 22.4. The molecular weight excluding hydrogens is 522 g/mol. The largest absolute Gasteiger partial charge is 0.299 e. The van der Waals surface area contributed by atoms with Crippen LogP contribution >= 0.6 is 11.8 Å². The molecule has 38 heavy (non-hydrogen) atoms. The average molecular weight is 558 g/mol. The first-order valence-electron chi connectivity index (χ1n) is 13.4. The van der Waals surface area contributed by atoms with E-state index in [0.717, 1.165) is 35.3 Å². The van der Waals surface area contributed by atoms with E-state index in [1.54, 1.807) is 30.0 Å². The summed E-state index contributed by atoms with van der Waals surface area (Å²) in [7, 11) is -4.43. The van der Waals surface area contributed by atoms with Crippen LogP contribution in [0.5, 0.6) is 0 Å². The second-order valence-corrected chi connectivity index (χ2v) is 14.4. The zero-order chi connectivity index (χ0) is 27.5. The van der Waals surface area contributed by atoms with Crippen molar-refractivity contribution in [1.29, 1.82) is 0 Å². The number of fused-ring (bicyclic) bond motifs is 2. The van der Waals surface area contributed by atoms with Gasteiger partial charge in [-0.25, -0.2) is 0 Å². The van der Waals surface area contributed by atoms with Crippen molar-refractivity contribution >= 4 is 50.3 Å². The van der Waals surface area contributed by atoms with Crippen molar-refractivity contribution in [3.63, 3.8) is 0 Å². The minimum atomic E-state index is -4.43. The molecule has 0 saturated heterocycles. The fourth-order valence-electron chi connectivity index (χ4n) is 6.63. The van der Waals surface area contributed by atoms with Gasteiger partial charge in [-0.15, -0.1) is 21.1 Å². The second-order valence-electron chi connectivity index (χ2n) is 11.8. The molecule has 204 valence electrons. The first-order valence-corrected chi connectivity index (χ1v) is 16.0. The van der Waals surface area contributed by atoms with Crippen LogP contribution in [0.2, 0.25) is 0 Å². The standard InChI is InChI=1S/C29H35NO6S2/c1-5-6-8-18(2)16-37-21-13-19-9-7-10-22-25(19)23(15-21)27(33)30(26(22)32)36-38(34,35)17-29-12-11-20(14-24(29)31)28(29,3)4/h7,9-10,13,15,18,20H,5-6,8,11-12,14,16-17H2,1-4H3. The van der Waals surface area contributed by atoms with Crippen molar-refractivity contribution in [2.24, 2.45) is 22.7 Å². The van der Waals surface area contributed by atoms with Crippen molar-refractivity contribution in [1.82, 2.24) is 5.06 Å². The maximum atomic E-state index is 13.5. The third-order valence-electron chi connectivity index (χ3n) is 9.12. The molecule has 2 aromatic rings. The van der Waals surface area contributed by atoms with E-state index in [2.05, 4.69) is 13.8 Å². The van der Waals surface area contributed by atoms with Crippen molar-refractivity contribution in [3.05, 3.63) is 41.5 Å². The van der Waals surface area contributed by atoms with E-state index in [0.29, 0.717) is 29.2 Å². The highest BCUT2D eigenvalue weighted by molar-refractivity contribution is 7.99. The number of unbranched alkanes of at least 4 members (excludes halogenated alkanes) is 1. The van der Waals surface area contributed by atoms with Crippen LogP contribution in [-0.4, -0.2) is 42.6 Å². The number of imide groups is 1. The number of rotatable bonds is 10. The summed E-state index contributed by atoms with van der Waals surface area (Å²) in [5.41, 5.74) is -1.09. The molecule has 2 bridgehead atoms. The number of ketones is 1. The molecule has 5 rings (SSSR count). The van der Waals surface area contributed by atoms with Gasteiger partial charge in [0.1, 0.15) is 5.78 Å². The summed E-state index contributed by atoms with van der Waals surface area (Å²) in [6.45, 7) is 8.24. The Bertz CT molecular complexity index is 1430. The Balaban J connectivity index is 1.43. The smallest absolute Gasteiger partial charge is 0.289 e. The van der Waals surface area contributed by atoms with Crippen LogP contribution in [0.15, 0.2) is 35.2 Å². The Hall–Kier alpha value is -2.23. The minimum absolute atomic E-state index is 0.0767. The Morgan fingerprint density at radius 2 is 1.87 bits per heavy atom. The summed E-state index contributed by atoms with van der Waals surface area (Å²) in [4.78, 5) is 40.7. The van der Waals surface area contributed by atoms with Crippen LogP contribution in [0.4, 0.5) is 0 Å². The molecule has 2 aromatic carbocycles. The number of nitrogens with zero attached hydrogens (tertiary/aromatic N) is 1. The van der Waals surface area contributed by atoms with Gasteiger partial charge >= 0.3 is 0 Å². The highest BCUT2D eigenvalue weighted by Crippen LogP contribution is 2.64. The number of hydrogen-bond donors (Lipinski definition) is 0. The summed E-state index contributed by atoms with van der Waals surface area (Å²) in [6.07, 6.45) is 5.04. The fourth-order valence-corrected chi connectivity index (χ4v) is 9.38. The molecule has 2 saturated carbocycles.